The summed E-state index contributed by atoms with van der Waals surface area (Å²) in [5.41, 5.74) is 1.34. The van der Waals surface area contributed by atoms with Crippen molar-refractivity contribution >= 4 is 28.5 Å². The maximum Gasteiger partial charge on any atom is 0.281 e. The summed E-state index contributed by atoms with van der Waals surface area (Å²) < 4.78 is 0. The monoisotopic (exact) mass is 178 g/mol. The number of hydrogen-bond donors (Lipinski definition) is 0. The van der Waals surface area contributed by atoms with Crippen molar-refractivity contribution < 1.29 is 4.79 Å². The Morgan fingerprint density at radius 2 is 2.25 bits per heavy atom. The van der Waals surface area contributed by atoms with Crippen molar-refractivity contribution in [2.45, 2.75) is 0 Å². The fraction of sp³-hybridized carbons (Fsp3) is 0.125. The zero-order valence-electron chi connectivity index (χ0n) is 6.44. The molecule has 60 valence electrons. The van der Waals surface area contributed by atoms with Crippen molar-refractivity contribution in [3.05, 3.63) is 23.8 Å². The molecule has 1 aliphatic heterocycles. The quantitative estimate of drug-likeness (QED) is 0.559. The third-order valence-corrected chi connectivity index (χ3v) is 2.17. The third-order valence-electron chi connectivity index (χ3n) is 1.62. The largest absolute Gasteiger partial charge is 0.281 e. The summed E-state index contributed by atoms with van der Waals surface area (Å²) in [7, 11) is 0. The number of carbonyl (C=O) groups excluding carboxylic acids is 1. The fourth-order valence-electron chi connectivity index (χ4n) is 1.06. The van der Waals surface area contributed by atoms with Gasteiger partial charge in [-0.25, -0.2) is 4.99 Å². The first-order chi connectivity index (χ1) is 5.81. The Morgan fingerprint density at radius 3 is 3.00 bits per heavy atom. The van der Waals surface area contributed by atoms with Crippen molar-refractivity contribution in [2.24, 2.45) is 9.98 Å². The van der Waals surface area contributed by atoms with E-state index in [4.69, 9.17) is 0 Å². The highest BCUT2D eigenvalue weighted by Gasteiger charge is 2.21. The maximum atomic E-state index is 11.3. The molecule has 0 fully saturated rings. The van der Waals surface area contributed by atoms with E-state index in [9.17, 15) is 4.79 Å². The van der Waals surface area contributed by atoms with Gasteiger partial charge in [0.25, 0.3) is 5.91 Å². The van der Waals surface area contributed by atoms with Crippen LogP contribution in [0.1, 0.15) is 0 Å². The maximum absolute atomic E-state index is 11.3. The van der Waals surface area contributed by atoms with Crippen LogP contribution in [0, 0.1) is 0 Å². The van der Waals surface area contributed by atoms with E-state index < -0.39 is 0 Å². The van der Waals surface area contributed by atoms with Gasteiger partial charge in [0.2, 0.25) is 0 Å². The summed E-state index contributed by atoms with van der Waals surface area (Å²) in [6.07, 6.45) is 7.22. The van der Waals surface area contributed by atoms with Crippen LogP contribution < -0.4 is 0 Å². The standard InChI is InChI=1S/C8H6N2OS/c1-12-8-9-6-4-2-3-5(6)7(11)10-8/h2-4H,1H3. The molecule has 2 rings (SSSR count). The average molecular weight is 178 g/mol. The van der Waals surface area contributed by atoms with Gasteiger partial charge in [0.15, 0.2) is 5.17 Å². The average Bonchev–Trinajstić information content (AvgIpc) is 2.52. The van der Waals surface area contributed by atoms with Crippen LogP contribution in [0.4, 0.5) is 0 Å². The number of rotatable bonds is 0. The SMILES string of the molecule is CSC1=NC(=O)C2=CC=CC2=N1. The fourth-order valence-corrected chi connectivity index (χ4v) is 1.42. The Bertz CT molecular complexity index is 363. The number of fused-ring (bicyclic) bond motifs is 1. The van der Waals surface area contributed by atoms with Gasteiger partial charge in [-0.05, 0) is 18.4 Å². The van der Waals surface area contributed by atoms with E-state index in [-0.39, 0.29) is 5.91 Å². The topological polar surface area (TPSA) is 41.8 Å². The highest BCUT2D eigenvalue weighted by molar-refractivity contribution is 8.13. The molecule has 0 saturated heterocycles. The number of thioether (sulfide) groups is 1. The molecule has 0 aromatic rings. The van der Waals surface area contributed by atoms with Gasteiger partial charge >= 0.3 is 0 Å². The molecule has 0 aromatic heterocycles. The summed E-state index contributed by atoms with van der Waals surface area (Å²) in [6.45, 7) is 0. The predicted octanol–water partition coefficient (Wildman–Crippen LogP) is 1.18. The highest BCUT2D eigenvalue weighted by Crippen LogP contribution is 2.17. The van der Waals surface area contributed by atoms with Gasteiger partial charge in [-0.2, -0.15) is 4.99 Å². The molecule has 0 radical (unpaired) electrons. The molecule has 3 nitrogen and oxygen atoms in total. The molecule has 1 aliphatic carbocycles. The van der Waals surface area contributed by atoms with Gasteiger partial charge < -0.3 is 0 Å². The Morgan fingerprint density at radius 1 is 1.42 bits per heavy atom. The second kappa shape index (κ2) is 2.71. The van der Waals surface area contributed by atoms with Crippen LogP contribution in [0.3, 0.4) is 0 Å². The molecular weight excluding hydrogens is 172 g/mol. The molecule has 0 atom stereocenters. The van der Waals surface area contributed by atoms with Crippen molar-refractivity contribution in [1.29, 1.82) is 0 Å². The van der Waals surface area contributed by atoms with Crippen molar-refractivity contribution in [1.82, 2.24) is 0 Å². The van der Waals surface area contributed by atoms with Crippen LogP contribution in [0.15, 0.2) is 33.8 Å². The van der Waals surface area contributed by atoms with Gasteiger partial charge in [-0.3, -0.25) is 4.79 Å². The summed E-state index contributed by atoms with van der Waals surface area (Å²) in [5, 5.41) is 0.540. The van der Waals surface area contributed by atoms with E-state index in [0.29, 0.717) is 10.7 Å². The molecule has 0 unspecified atom stereocenters. The first-order valence-electron chi connectivity index (χ1n) is 3.45. The normalized spacial score (nSPS) is 20.1. The van der Waals surface area contributed by atoms with Crippen LogP contribution in [-0.4, -0.2) is 23.0 Å². The molecule has 2 aliphatic rings. The molecule has 0 aromatic carbocycles. The Labute approximate surface area is 74.0 Å². The van der Waals surface area contributed by atoms with E-state index in [1.165, 1.54) is 11.8 Å². The van der Waals surface area contributed by atoms with Crippen molar-refractivity contribution in [3.8, 4) is 0 Å². The van der Waals surface area contributed by atoms with Crippen molar-refractivity contribution in [3.63, 3.8) is 0 Å². The summed E-state index contributed by atoms with van der Waals surface area (Å²) >= 11 is 1.38. The lowest BCUT2D eigenvalue weighted by Gasteiger charge is -2.06. The lowest BCUT2D eigenvalue weighted by atomic mass is 10.2. The lowest BCUT2D eigenvalue weighted by Crippen LogP contribution is -2.14. The molecule has 0 bridgehead atoms. The first kappa shape index (κ1) is 7.49. The molecule has 0 spiro atoms. The Balaban J connectivity index is 2.45. The number of carbonyl (C=O) groups is 1. The van der Waals surface area contributed by atoms with E-state index in [1.54, 1.807) is 6.08 Å². The molecular formula is C8H6N2OS. The predicted molar refractivity (Wildman–Crippen MR) is 50.6 cm³/mol. The van der Waals surface area contributed by atoms with Crippen LogP contribution in [0.25, 0.3) is 0 Å². The number of aliphatic imine (C=N–C) groups is 2. The van der Waals surface area contributed by atoms with E-state index in [0.717, 1.165) is 5.71 Å². The first-order valence-corrected chi connectivity index (χ1v) is 4.68. The van der Waals surface area contributed by atoms with Gasteiger partial charge in [0.1, 0.15) is 0 Å². The molecule has 0 N–H and O–H groups in total. The van der Waals surface area contributed by atoms with Crippen LogP contribution >= 0.6 is 11.8 Å². The summed E-state index contributed by atoms with van der Waals surface area (Å²) in [5.74, 6) is -0.186. The van der Waals surface area contributed by atoms with Crippen molar-refractivity contribution in [2.75, 3.05) is 6.26 Å². The zero-order valence-corrected chi connectivity index (χ0v) is 7.26. The van der Waals surface area contributed by atoms with Gasteiger partial charge in [-0.15, -0.1) is 0 Å². The molecule has 4 heteroatoms. The number of amidine groups is 1. The summed E-state index contributed by atoms with van der Waals surface area (Å²) in [4.78, 5) is 19.2. The third kappa shape index (κ3) is 1.04. The lowest BCUT2D eigenvalue weighted by molar-refractivity contribution is -0.113. The number of hydrogen-bond acceptors (Lipinski definition) is 3. The minimum Gasteiger partial charge on any atom is -0.267 e. The second-order valence-corrected chi connectivity index (χ2v) is 3.11. The molecule has 1 heterocycles. The Kier molecular flexibility index (Phi) is 1.69. The number of amides is 1. The van der Waals surface area contributed by atoms with Crippen LogP contribution in [0.5, 0.6) is 0 Å². The van der Waals surface area contributed by atoms with Gasteiger partial charge in [0, 0.05) is 0 Å². The van der Waals surface area contributed by atoms with Gasteiger partial charge in [0.05, 0.1) is 11.3 Å². The minimum atomic E-state index is -0.186. The number of nitrogens with zero attached hydrogens (tertiary/aromatic N) is 2. The van der Waals surface area contributed by atoms with E-state index >= 15 is 0 Å². The zero-order chi connectivity index (χ0) is 8.55. The molecule has 1 amide bonds. The highest BCUT2D eigenvalue weighted by atomic mass is 32.2. The van der Waals surface area contributed by atoms with E-state index in [2.05, 4.69) is 9.98 Å². The van der Waals surface area contributed by atoms with E-state index in [1.807, 2.05) is 18.4 Å². The minimum absolute atomic E-state index is 0.186. The number of allylic oxidation sites excluding steroid dienone is 3. The Hall–Kier alpha value is -1.16. The smallest absolute Gasteiger partial charge is 0.267 e. The second-order valence-electron chi connectivity index (χ2n) is 2.34. The van der Waals surface area contributed by atoms with Crippen LogP contribution in [0.2, 0.25) is 0 Å². The molecule has 12 heavy (non-hydrogen) atoms. The van der Waals surface area contributed by atoms with Crippen LogP contribution in [-0.2, 0) is 4.79 Å². The molecule has 0 saturated carbocycles. The van der Waals surface area contributed by atoms with Gasteiger partial charge in [-0.1, -0.05) is 17.8 Å². The summed E-state index contributed by atoms with van der Waals surface area (Å²) in [6, 6.07) is 0.